The van der Waals surface area contributed by atoms with E-state index < -0.39 is 0 Å². The van der Waals surface area contributed by atoms with Crippen molar-refractivity contribution in [2.45, 2.75) is 25.3 Å². The van der Waals surface area contributed by atoms with Crippen LogP contribution in [-0.2, 0) is 4.79 Å². The van der Waals surface area contributed by atoms with Crippen LogP contribution in [0.15, 0.2) is 28.8 Å². The number of hydrogen-bond acceptors (Lipinski definition) is 4. The van der Waals surface area contributed by atoms with Crippen LogP contribution in [0.25, 0.3) is 0 Å². The number of carbonyl (C=O) groups is 2. The highest BCUT2D eigenvalue weighted by atomic mass is 32.1. The van der Waals surface area contributed by atoms with Crippen molar-refractivity contribution in [1.82, 2.24) is 20.0 Å². The zero-order valence-corrected chi connectivity index (χ0v) is 15.3. The topological polar surface area (TPSA) is 55.9 Å². The molecule has 1 aromatic heterocycles. The maximum atomic E-state index is 13.0. The van der Waals surface area contributed by atoms with Crippen molar-refractivity contribution < 1.29 is 9.59 Å². The van der Waals surface area contributed by atoms with Crippen LogP contribution in [0, 0.1) is 0 Å². The molecule has 1 saturated heterocycles. The van der Waals surface area contributed by atoms with E-state index in [4.69, 9.17) is 0 Å². The summed E-state index contributed by atoms with van der Waals surface area (Å²) in [6.07, 6.45) is 3.82. The van der Waals surface area contributed by atoms with Crippen molar-refractivity contribution in [3.05, 3.63) is 33.7 Å². The molecule has 1 aromatic rings. The SMILES string of the molecule is CN1C(=O)NC(c2cccs2)C2=C1CN(CCN1CCCCC1)C2=O. The minimum absolute atomic E-state index is 0.0669. The molecule has 3 aliphatic rings. The Hall–Kier alpha value is -1.86. The van der Waals surface area contributed by atoms with Gasteiger partial charge in [-0.3, -0.25) is 9.69 Å². The largest absolute Gasteiger partial charge is 0.332 e. The first-order valence-electron chi connectivity index (χ1n) is 8.97. The third-order valence-corrected chi connectivity index (χ3v) is 6.33. The lowest BCUT2D eigenvalue weighted by molar-refractivity contribution is -0.126. The lowest BCUT2D eigenvalue weighted by atomic mass is 10.0. The van der Waals surface area contributed by atoms with Crippen LogP contribution in [0.2, 0.25) is 0 Å². The fourth-order valence-corrected chi connectivity index (χ4v) is 4.70. The van der Waals surface area contributed by atoms with Crippen LogP contribution in [-0.4, -0.2) is 66.4 Å². The highest BCUT2D eigenvalue weighted by Crippen LogP contribution is 2.37. The molecule has 1 N–H and O–H groups in total. The average molecular weight is 360 g/mol. The number of amides is 3. The second-order valence-electron chi connectivity index (χ2n) is 6.95. The zero-order valence-electron chi connectivity index (χ0n) is 14.5. The van der Waals surface area contributed by atoms with Crippen LogP contribution in [0.1, 0.15) is 30.2 Å². The lowest BCUT2D eigenvalue weighted by Gasteiger charge is -2.30. The van der Waals surface area contributed by atoms with Crippen LogP contribution in [0.5, 0.6) is 0 Å². The summed E-state index contributed by atoms with van der Waals surface area (Å²) in [5, 5.41) is 4.96. The number of carbonyl (C=O) groups excluding carboxylic acids is 2. The number of likely N-dealkylation sites (N-methyl/N-ethyl adjacent to an activating group) is 1. The molecule has 0 aliphatic carbocycles. The van der Waals surface area contributed by atoms with Crippen molar-refractivity contribution in [2.75, 3.05) is 39.8 Å². The highest BCUT2D eigenvalue weighted by Gasteiger charge is 2.43. The Balaban J connectivity index is 1.51. The number of rotatable bonds is 4. The summed E-state index contributed by atoms with van der Waals surface area (Å²) in [6.45, 7) is 4.44. The van der Waals surface area contributed by atoms with Crippen molar-refractivity contribution in [3.8, 4) is 0 Å². The number of thiophene rings is 1. The van der Waals surface area contributed by atoms with Gasteiger partial charge in [0.2, 0.25) is 0 Å². The molecule has 0 aromatic carbocycles. The summed E-state index contributed by atoms with van der Waals surface area (Å²) in [7, 11) is 1.75. The molecule has 4 rings (SSSR count). The van der Waals surface area contributed by atoms with E-state index in [1.807, 2.05) is 22.4 Å². The van der Waals surface area contributed by atoms with Gasteiger partial charge in [0.15, 0.2) is 0 Å². The molecule has 0 saturated carbocycles. The number of likely N-dealkylation sites (tertiary alicyclic amines) is 1. The van der Waals surface area contributed by atoms with Gasteiger partial charge in [-0.25, -0.2) is 4.79 Å². The first kappa shape index (κ1) is 16.6. The second kappa shape index (κ2) is 6.80. The Kier molecular flexibility index (Phi) is 4.52. The molecule has 25 heavy (non-hydrogen) atoms. The highest BCUT2D eigenvalue weighted by molar-refractivity contribution is 7.10. The van der Waals surface area contributed by atoms with Gasteiger partial charge in [0.1, 0.15) is 0 Å². The van der Waals surface area contributed by atoms with E-state index in [1.54, 1.807) is 23.3 Å². The average Bonchev–Trinajstić information content (AvgIpc) is 3.26. The van der Waals surface area contributed by atoms with E-state index >= 15 is 0 Å². The van der Waals surface area contributed by atoms with E-state index in [0.717, 1.165) is 42.3 Å². The first-order chi connectivity index (χ1) is 12.1. The number of nitrogens with zero attached hydrogens (tertiary/aromatic N) is 3. The summed E-state index contributed by atoms with van der Waals surface area (Å²) in [4.78, 5) is 32.3. The smallest absolute Gasteiger partial charge is 0.322 e. The van der Waals surface area contributed by atoms with Gasteiger partial charge in [0.05, 0.1) is 23.9 Å². The summed E-state index contributed by atoms with van der Waals surface area (Å²) in [6, 6.07) is 3.49. The van der Waals surface area contributed by atoms with E-state index in [1.165, 1.54) is 19.3 Å². The lowest BCUT2D eigenvalue weighted by Crippen LogP contribution is -2.45. The molecule has 0 spiro atoms. The molecule has 4 heterocycles. The first-order valence-corrected chi connectivity index (χ1v) is 9.85. The van der Waals surface area contributed by atoms with Gasteiger partial charge in [-0.15, -0.1) is 11.3 Å². The molecule has 1 unspecified atom stereocenters. The Bertz CT molecular complexity index is 694. The van der Waals surface area contributed by atoms with Crippen LogP contribution in [0.4, 0.5) is 4.79 Å². The van der Waals surface area contributed by atoms with Gasteiger partial charge in [0, 0.05) is 25.0 Å². The number of hydrogen-bond donors (Lipinski definition) is 1. The predicted molar refractivity (Wildman–Crippen MR) is 97.3 cm³/mol. The minimum atomic E-state index is -0.314. The Morgan fingerprint density at radius 1 is 1.20 bits per heavy atom. The number of piperidine rings is 1. The molecule has 1 fully saturated rings. The second-order valence-corrected chi connectivity index (χ2v) is 7.93. The molecule has 7 heteroatoms. The van der Waals surface area contributed by atoms with Gasteiger partial charge in [-0.05, 0) is 37.4 Å². The zero-order chi connectivity index (χ0) is 17.4. The van der Waals surface area contributed by atoms with Gasteiger partial charge in [0.25, 0.3) is 5.91 Å². The Morgan fingerprint density at radius 3 is 2.72 bits per heavy atom. The van der Waals surface area contributed by atoms with Crippen molar-refractivity contribution in [2.24, 2.45) is 0 Å². The molecule has 3 aliphatic heterocycles. The maximum absolute atomic E-state index is 13.0. The summed E-state index contributed by atoms with van der Waals surface area (Å²) >= 11 is 1.57. The van der Waals surface area contributed by atoms with Crippen molar-refractivity contribution in [3.63, 3.8) is 0 Å². The molecule has 0 radical (unpaired) electrons. The van der Waals surface area contributed by atoms with E-state index in [-0.39, 0.29) is 18.0 Å². The number of nitrogens with one attached hydrogen (secondary N) is 1. The maximum Gasteiger partial charge on any atom is 0.322 e. The van der Waals surface area contributed by atoms with Crippen LogP contribution >= 0.6 is 11.3 Å². The quantitative estimate of drug-likeness (QED) is 0.894. The van der Waals surface area contributed by atoms with Gasteiger partial charge < -0.3 is 15.1 Å². The third-order valence-electron chi connectivity index (χ3n) is 5.40. The minimum Gasteiger partial charge on any atom is -0.332 e. The van der Waals surface area contributed by atoms with Crippen LogP contribution < -0.4 is 5.32 Å². The van der Waals surface area contributed by atoms with Crippen molar-refractivity contribution in [1.29, 1.82) is 0 Å². The summed E-state index contributed by atoms with van der Waals surface area (Å²) in [5.74, 6) is 0.0669. The van der Waals surface area contributed by atoms with Crippen LogP contribution in [0.3, 0.4) is 0 Å². The predicted octanol–water partition coefficient (Wildman–Crippen LogP) is 2.03. The van der Waals surface area contributed by atoms with E-state index in [0.29, 0.717) is 6.54 Å². The standard InChI is InChI=1S/C18H24N4O2S/c1-20-13-12-22(10-9-21-7-3-2-4-8-21)17(23)15(13)16(19-18(20)24)14-6-5-11-25-14/h5-6,11,16H,2-4,7-10,12H2,1H3,(H,19,24). The fraction of sp³-hybridized carbons (Fsp3) is 0.556. The monoisotopic (exact) mass is 360 g/mol. The van der Waals surface area contributed by atoms with Crippen molar-refractivity contribution >= 4 is 23.3 Å². The fourth-order valence-electron chi connectivity index (χ4n) is 3.92. The molecular formula is C18H24N4O2S. The normalized spacial score (nSPS) is 24.8. The Labute approximate surface area is 152 Å². The molecule has 3 amide bonds. The van der Waals surface area contributed by atoms with Gasteiger partial charge in [-0.2, -0.15) is 0 Å². The summed E-state index contributed by atoms with van der Waals surface area (Å²) < 4.78 is 0. The molecule has 1 atom stereocenters. The third kappa shape index (κ3) is 3.06. The number of urea groups is 1. The van der Waals surface area contributed by atoms with E-state index in [2.05, 4.69) is 10.2 Å². The molecule has 0 bridgehead atoms. The Morgan fingerprint density at radius 2 is 2.00 bits per heavy atom. The van der Waals surface area contributed by atoms with Gasteiger partial charge in [-0.1, -0.05) is 12.5 Å². The summed E-state index contributed by atoms with van der Waals surface area (Å²) in [5.41, 5.74) is 1.59. The molecule has 6 nitrogen and oxygen atoms in total. The molecule has 134 valence electrons. The van der Waals surface area contributed by atoms with E-state index in [9.17, 15) is 9.59 Å². The molecular weight excluding hydrogens is 336 g/mol. The van der Waals surface area contributed by atoms with Gasteiger partial charge >= 0.3 is 6.03 Å².